The van der Waals surface area contributed by atoms with E-state index < -0.39 is 5.97 Å². The first-order valence-electron chi connectivity index (χ1n) is 5.04. The Bertz CT molecular complexity index is 381. The van der Waals surface area contributed by atoms with Crippen molar-refractivity contribution in [3.8, 4) is 0 Å². The van der Waals surface area contributed by atoms with E-state index in [-0.39, 0.29) is 11.9 Å². The molecule has 15 heavy (non-hydrogen) atoms. The SMILES string of the molecule is CC(C)n1c(NC2CC2)nnc1C(=O)O. The molecule has 0 amide bonds. The summed E-state index contributed by atoms with van der Waals surface area (Å²) in [7, 11) is 0. The van der Waals surface area contributed by atoms with E-state index in [1.165, 1.54) is 0 Å². The summed E-state index contributed by atoms with van der Waals surface area (Å²) in [6, 6.07) is 0.473. The van der Waals surface area contributed by atoms with Crippen molar-refractivity contribution in [3.63, 3.8) is 0 Å². The molecule has 82 valence electrons. The Labute approximate surface area is 87.3 Å². The summed E-state index contributed by atoms with van der Waals surface area (Å²) >= 11 is 0. The lowest BCUT2D eigenvalue weighted by molar-refractivity contribution is 0.0676. The van der Waals surface area contributed by atoms with E-state index in [1.807, 2.05) is 13.8 Å². The molecular formula is C9H14N4O2. The normalized spacial score (nSPS) is 15.7. The maximum absolute atomic E-state index is 10.9. The number of carboxylic acids is 1. The molecule has 0 spiro atoms. The zero-order valence-corrected chi connectivity index (χ0v) is 8.77. The zero-order chi connectivity index (χ0) is 11.0. The minimum absolute atomic E-state index is 0.00634. The van der Waals surface area contributed by atoms with Crippen molar-refractivity contribution in [1.29, 1.82) is 0 Å². The number of hydrogen-bond donors (Lipinski definition) is 2. The highest BCUT2D eigenvalue weighted by molar-refractivity contribution is 5.84. The lowest BCUT2D eigenvalue weighted by Gasteiger charge is -2.12. The summed E-state index contributed by atoms with van der Waals surface area (Å²) in [5.74, 6) is -0.488. The van der Waals surface area contributed by atoms with Crippen LogP contribution < -0.4 is 5.32 Å². The molecule has 6 nitrogen and oxygen atoms in total. The Kier molecular flexibility index (Phi) is 2.34. The van der Waals surface area contributed by atoms with Gasteiger partial charge in [-0.1, -0.05) is 0 Å². The van der Waals surface area contributed by atoms with Crippen LogP contribution in [-0.2, 0) is 0 Å². The maximum Gasteiger partial charge on any atom is 0.374 e. The average Bonchev–Trinajstić information content (AvgIpc) is 2.82. The number of carbonyl (C=O) groups is 1. The fourth-order valence-corrected chi connectivity index (χ4v) is 1.44. The minimum Gasteiger partial charge on any atom is -0.475 e. The van der Waals surface area contributed by atoms with E-state index in [4.69, 9.17) is 5.11 Å². The highest BCUT2D eigenvalue weighted by Crippen LogP contribution is 2.25. The van der Waals surface area contributed by atoms with Gasteiger partial charge in [0.15, 0.2) is 0 Å². The molecule has 1 saturated carbocycles. The van der Waals surface area contributed by atoms with Gasteiger partial charge in [0.2, 0.25) is 11.8 Å². The molecule has 2 rings (SSSR count). The number of nitrogens with one attached hydrogen (secondary N) is 1. The third-order valence-electron chi connectivity index (χ3n) is 2.31. The van der Waals surface area contributed by atoms with Crippen LogP contribution in [0.5, 0.6) is 0 Å². The van der Waals surface area contributed by atoms with Gasteiger partial charge in [-0.15, -0.1) is 10.2 Å². The van der Waals surface area contributed by atoms with E-state index in [1.54, 1.807) is 4.57 Å². The molecule has 1 aromatic heterocycles. The Morgan fingerprint density at radius 1 is 1.53 bits per heavy atom. The van der Waals surface area contributed by atoms with Crippen LogP contribution in [0.25, 0.3) is 0 Å². The monoisotopic (exact) mass is 210 g/mol. The highest BCUT2D eigenvalue weighted by atomic mass is 16.4. The van der Waals surface area contributed by atoms with Gasteiger partial charge in [0.25, 0.3) is 0 Å². The van der Waals surface area contributed by atoms with Crippen molar-refractivity contribution in [1.82, 2.24) is 14.8 Å². The van der Waals surface area contributed by atoms with Crippen molar-refractivity contribution in [2.75, 3.05) is 5.32 Å². The van der Waals surface area contributed by atoms with Gasteiger partial charge >= 0.3 is 5.97 Å². The van der Waals surface area contributed by atoms with Crippen molar-refractivity contribution in [2.45, 2.75) is 38.8 Å². The van der Waals surface area contributed by atoms with E-state index in [9.17, 15) is 4.79 Å². The van der Waals surface area contributed by atoms with Gasteiger partial charge in [0.1, 0.15) is 0 Å². The Morgan fingerprint density at radius 3 is 2.67 bits per heavy atom. The van der Waals surface area contributed by atoms with E-state index >= 15 is 0 Å². The highest BCUT2D eigenvalue weighted by Gasteiger charge is 2.26. The molecule has 0 aromatic carbocycles. The van der Waals surface area contributed by atoms with Crippen molar-refractivity contribution in [3.05, 3.63) is 5.82 Å². The van der Waals surface area contributed by atoms with Crippen molar-refractivity contribution < 1.29 is 9.90 Å². The first-order valence-corrected chi connectivity index (χ1v) is 5.04. The predicted octanol–water partition coefficient (Wildman–Crippen LogP) is 1.13. The molecule has 0 unspecified atom stereocenters. The summed E-state index contributed by atoms with van der Waals surface area (Å²) in [4.78, 5) is 10.9. The summed E-state index contributed by atoms with van der Waals surface area (Å²) in [6.07, 6.45) is 2.24. The molecule has 1 aromatic rings. The standard InChI is InChI=1S/C9H14N4O2/c1-5(2)13-7(8(14)15)11-12-9(13)10-6-3-4-6/h5-6H,3-4H2,1-2H3,(H,10,12)(H,14,15). The van der Waals surface area contributed by atoms with Crippen LogP contribution in [0.15, 0.2) is 0 Å². The molecule has 1 aliphatic carbocycles. The van der Waals surface area contributed by atoms with E-state index in [2.05, 4.69) is 15.5 Å². The average molecular weight is 210 g/mol. The lowest BCUT2D eigenvalue weighted by Crippen LogP contribution is -2.15. The molecule has 0 radical (unpaired) electrons. The fraction of sp³-hybridized carbons (Fsp3) is 0.667. The van der Waals surface area contributed by atoms with Crippen LogP contribution in [0.3, 0.4) is 0 Å². The molecule has 1 aliphatic rings. The van der Waals surface area contributed by atoms with Gasteiger partial charge in [0.05, 0.1) is 0 Å². The number of hydrogen-bond acceptors (Lipinski definition) is 4. The first kappa shape index (κ1) is 9.95. The Balaban J connectivity index is 2.31. The van der Waals surface area contributed by atoms with Gasteiger partial charge in [-0.2, -0.15) is 0 Å². The largest absolute Gasteiger partial charge is 0.475 e. The minimum atomic E-state index is -1.04. The first-order chi connectivity index (χ1) is 7.09. The summed E-state index contributed by atoms with van der Waals surface area (Å²) < 4.78 is 1.61. The lowest BCUT2D eigenvalue weighted by atomic mass is 10.4. The van der Waals surface area contributed by atoms with Crippen molar-refractivity contribution in [2.24, 2.45) is 0 Å². The second-order valence-corrected chi connectivity index (χ2v) is 4.03. The molecule has 0 atom stereocenters. The third-order valence-corrected chi connectivity index (χ3v) is 2.31. The van der Waals surface area contributed by atoms with Gasteiger partial charge in [-0.3, -0.25) is 4.57 Å². The number of aromatic nitrogens is 3. The smallest absolute Gasteiger partial charge is 0.374 e. The van der Waals surface area contributed by atoms with Crippen LogP contribution in [0.2, 0.25) is 0 Å². The summed E-state index contributed by atoms with van der Waals surface area (Å²) in [5.41, 5.74) is 0. The van der Waals surface area contributed by atoms with Gasteiger partial charge in [-0.25, -0.2) is 4.79 Å². The number of carboxylic acid groups (broad SMARTS) is 1. The molecule has 0 aliphatic heterocycles. The molecule has 0 saturated heterocycles. The molecule has 0 bridgehead atoms. The molecule has 1 heterocycles. The molecule has 2 N–H and O–H groups in total. The second kappa shape index (κ2) is 3.52. The number of rotatable bonds is 4. The number of anilines is 1. The number of aromatic carboxylic acids is 1. The maximum atomic E-state index is 10.9. The summed E-state index contributed by atoms with van der Waals surface area (Å²) in [6.45, 7) is 3.82. The Hall–Kier alpha value is -1.59. The van der Waals surface area contributed by atoms with Gasteiger partial charge < -0.3 is 10.4 Å². The van der Waals surface area contributed by atoms with Gasteiger partial charge in [0, 0.05) is 12.1 Å². The van der Waals surface area contributed by atoms with Crippen LogP contribution in [0.1, 0.15) is 43.3 Å². The second-order valence-electron chi connectivity index (χ2n) is 4.03. The van der Waals surface area contributed by atoms with Gasteiger partial charge in [-0.05, 0) is 26.7 Å². The zero-order valence-electron chi connectivity index (χ0n) is 8.77. The molecule has 6 heteroatoms. The van der Waals surface area contributed by atoms with Crippen LogP contribution in [0.4, 0.5) is 5.95 Å². The fourth-order valence-electron chi connectivity index (χ4n) is 1.44. The topological polar surface area (TPSA) is 80.0 Å². The van der Waals surface area contributed by atoms with Crippen LogP contribution in [-0.4, -0.2) is 31.9 Å². The summed E-state index contributed by atoms with van der Waals surface area (Å²) in [5, 5.41) is 19.6. The van der Waals surface area contributed by atoms with Crippen molar-refractivity contribution >= 4 is 11.9 Å². The Morgan fingerprint density at radius 2 is 2.20 bits per heavy atom. The van der Waals surface area contributed by atoms with Crippen LogP contribution in [0, 0.1) is 0 Å². The molecule has 1 fully saturated rings. The van der Waals surface area contributed by atoms with Crippen LogP contribution >= 0.6 is 0 Å². The predicted molar refractivity (Wildman–Crippen MR) is 54.0 cm³/mol. The third kappa shape index (κ3) is 1.93. The van der Waals surface area contributed by atoms with E-state index in [0.717, 1.165) is 12.8 Å². The van der Waals surface area contributed by atoms with E-state index in [0.29, 0.717) is 12.0 Å². The molecular weight excluding hydrogens is 196 g/mol. The quantitative estimate of drug-likeness (QED) is 0.778. The number of nitrogens with zero attached hydrogens (tertiary/aromatic N) is 3.